The molecule has 1 amide bonds. The van der Waals surface area contributed by atoms with Gasteiger partial charge >= 0.3 is 0 Å². The number of benzene rings is 1. The van der Waals surface area contributed by atoms with E-state index < -0.39 is 10.0 Å². The van der Waals surface area contributed by atoms with Crippen LogP contribution in [0.4, 0.5) is 5.69 Å². The maximum Gasteiger partial charge on any atom is 0.240 e. The summed E-state index contributed by atoms with van der Waals surface area (Å²) in [6, 6.07) is 6.07. The number of hydrogen-bond donors (Lipinski definition) is 3. The Hall–Kier alpha value is -1.44. The fourth-order valence-corrected chi connectivity index (χ4v) is 2.62. The quantitative estimate of drug-likeness (QED) is 0.623. The SMILES string of the molecule is CCCNCC(=O)Nc1ccc(S(=O)(=O)NCC)cc1. The summed E-state index contributed by atoms with van der Waals surface area (Å²) in [6.45, 7) is 5.10. The van der Waals surface area contributed by atoms with Crippen molar-refractivity contribution in [3.05, 3.63) is 24.3 Å². The smallest absolute Gasteiger partial charge is 0.240 e. The normalized spacial score (nSPS) is 11.3. The highest BCUT2D eigenvalue weighted by atomic mass is 32.2. The van der Waals surface area contributed by atoms with Crippen LogP contribution < -0.4 is 15.4 Å². The molecule has 0 saturated carbocycles. The summed E-state index contributed by atoms with van der Waals surface area (Å²) in [4.78, 5) is 11.7. The molecule has 0 unspecified atom stereocenters. The lowest BCUT2D eigenvalue weighted by Gasteiger charge is -2.08. The molecule has 0 aromatic heterocycles. The summed E-state index contributed by atoms with van der Waals surface area (Å²) in [7, 11) is -3.45. The Morgan fingerprint density at radius 1 is 1.15 bits per heavy atom. The van der Waals surface area contributed by atoms with Gasteiger partial charge in [0.2, 0.25) is 15.9 Å². The molecule has 6 nitrogen and oxygen atoms in total. The topological polar surface area (TPSA) is 87.3 Å². The summed E-state index contributed by atoms with van der Waals surface area (Å²) in [6.07, 6.45) is 0.963. The minimum Gasteiger partial charge on any atom is -0.325 e. The molecule has 0 atom stereocenters. The molecule has 1 aromatic rings. The van der Waals surface area contributed by atoms with E-state index in [4.69, 9.17) is 0 Å². The average Bonchev–Trinajstić information content (AvgIpc) is 2.39. The van der Waals surface area contributed by atoms with E-state index in [-0.39, 0.29) is 17.3 Å². The zero-order valence-electron chi connectivity index (χ0n) is 11.8. The highest BCUT2D eigenvalue weighted by molar-refractivity contribution is 7.89. The van der Waals surface area contributed by atoms with E-state index in [1.165, 1.54) is 12.1 Å². The standard InChI is InChI=1S/C13H21N3O3S/c1-3-9-14-10-13(17)16-11-5-7-12(8-6-11)20(18,19)15-4-2/h5-8,14-15H,3-4,9-10H2,1-2H3,(H,16,17). The van der Waals surface area contributed by atoms with E-state index in [0.717, 1.165) is 13.0 Å². The van der Waals surface area contributed by atoms with Crippen LogP contribution in [-0.2, 0) is 14.8 Å². The first-order valence-electron chi connectivity index (χ1n) is 6.60. The van der Waals surface area contributed by atoms with Crippen LogP contribution in [-0.4, -0.2) is 34.0 Å². The molecule has 0 radical (unpaired) electrons. The van der Waals surface area contributed by atoms with Crippen molar-refractivity contribution in [3.63, 3.8) is 0 Å². The Kier molecular flexibility index (Phi) is 6.63. The molecule has 0 bridgehead atoms. The van der Waals surface area contributed by atoms with E-state index in [0.29, 0.717) is 12.2 Å². The molecule has 0 fully saturated rings. The molecular formula is C13H21N3O3S. The van der Waals surface area contributed by atoms with Gasteiger partial charge in [0.15, 0.2) is 0 Å². The van der Waals surface area contributed by atoms with Crippen LogP contribution in [0.5, 0.6) is 0 Å². The van der Waals surface area contributed by atoms with Gasteiger partial charge in [0.05, 0.1) is 11.4 Å². The average molecular weight is 299 g/mol. The van der Waals surface area contributed by atoms with Gasteiger partial charge in [-0.1, -0.05) is 13.8 Å². The Labute approximate surface area is 120 Å². The van der Waals surface area contributed by atoms with Gasteiger partial charge in [0.25, 0.3) is 0 Å². The van der Waals surface area contributed by atoms with Gasteiger partial charge in [0, 0.05) is 12.2 Å². The molecule has 0 aliphatic carbocycles. The molecule has 7 heteroatoms. The predicted molar refractivity (Wildman–Crippen MR) is 79.1 cm³/mol. The first kappa shape index (κ1) is 16.6. The molecule has 1 rings (SSSR count). The van der Waals surface area contributed by atoms with E-state index in [1.807, 2.05) is 6.92 Å². The van der Waals surface area contributed by atoms with Gasteiger partial charge < -0.3 is 10.6 Å². The molecule has 0 aliphatic heterocycles. The van der Waals surface area contributed by atoms with E-state index >= 15 is 0 Å². The van der Waals surface area contributed by atoms with Crippen molar-refractivity contribution in [1.29, 1.82) is 0 Å². The van der Waals surface area contributed by atoms with Crippen molar-refractivity contribution >= 4 is 21.6 Å². The number of anilines is 1. The molecule has 0 heterocycles. The number of sulfonamides is 1. The Morgan fingerprint density at radius 2 is 1.80 bits per heavy atom. The van der Waals surface area contributed by atoms with Crippen LogP contribution in [0.1, 0.15) is 20.3 Å². The molecule has 3 N–H and O–H groups in total. The van der Waals surface area contributed by atoms with Crippen LogP contribution in [0.15, 0.2) is 29.2 Å². The number of rotatable bonds is 8. The van der Waals surface area contributed by atoms with Gasteiger partial charge in [-0.05, 0) is 37.2 Å². The monoisotopic (exact) mass is 299 g/mol. The first-order valence-corrected chi connectivity index (χ1v) is 8.08. The lowest BCUT2D eigenvalue weighted by Crippen LogP contribution is -2.28. The molecule has 0 saturated heterocycles. The maximum atomic E-state index is 11.7. The lowest BCUT2D eigenvalue weighted by molar-refractivity contribution is -0.115. The second kappa shape index (κ2) is 7.98. The fourth-order valence-electron chi connectivity index (χ4n) is 1.57. The van der Waals surface area contributed by atoms with Gasteiger partial charge in [-0.25, -0.2) is 13.1 Å². The fraction of sp³-hybridized carbons (Fsp3) is 0.462. The molecule has 20 heavy (non-hydrogen) atoms. The van der Waals surface area contributed by atoms with E-state index in [2.05, 4.69) is 15.4 Å². The van der Waals surface area contributed by atoms with Crippen LogP contribution in [0.25, 0.3) is 0 Å². The van der Waals surface area contributed by atoms with Gasteiger partial charge in [-0.15, -0.1) is 0 Å². The van der Waals surface area contributed by atoms with Crippen molar-refractivity contribution in [2.45, 2.75) is 25.2 Å². The van der Waals surface area contributed by atoms with Crippen molar-refractivity contribution < 1.29 is 13.2 Å². The van der Waals surface area contributed by atoms with Crippen LogP contribution in [0.2, 0.25) is 0 Å². The molecule has 0 spiro atoms. The minimum absolute atomic E-state index is 0.152. The first-order chi connectivity index (χ1) is 9.49. The molecule has 112 valence electrons. The predicted octanol–water partition coefficient (Wildman–Crippen LogP) is 0.923. The summed E-state index contributed by atoms with van der Waals surface area (Å²) in [5, 5.41) is 5.68. The van der Waals surface area contributed by atoms with Crippen molar-refractivity contribution in [3.8, 4) is 0 Å². The number of amides is 1. The van der Waals surface area contributed by atoms with Crippen molar-refractivity contribution in [2.75, 3.05) is 25.0 Å². The summed E-state index contributed by atoms with van der Waals surface area (Å²) >= 11 is 0. The van der Waals surface area contributed by atoms with Crippen LogP contribution in [0.3, 0.4) is 0 Å². The lowest BCUT2D eigenvalue weighted by atomic mass is 10.3. The molecule has 0 aliphatic rings. The van der Waals surface area contributed by atoms with E-state index in [1.54, 1.807) is 19.1 Å². The van der Waals surface area contributed by atoms with Crippen LogP contribution in [0, 0.1) is 0 Å². The third kappa shape index (κ3) is 5.28. The summed E-state index contributed by atoms with van der Waals surface area (Å²) in [5.41, 5.74) is 0.573. The van der Waals surface area contributed by atoms with Gasteiger partial charge in [0.1, 0.15) is 0 Å². The van der Waals surface area contributed by atoms with E-state index in [9.17, 15) is 13.2 Å². The maximum absolute atomic E-state index is 11.7. The second-order valence-corrected chi connectivity index (χ2v) is 6.02. The minimum atomic E-state index is -3.45. The van der Waals surface area contributed by atoms with Crippen LogP contribution >= 0.6 is 0 Å². The van der Waals surface area contributed by atoms with Crippen molar-refractivity contribution in [2.24, 2.45) is 0 Å². The molecular weight excluding hydrogens is 278 g/mol. The summed E-state index contributed by atoms with van der Waals surface area (Å²) < 4.78 is 25.9. The Morgan fingerprint density at radius 3 is 2.35 bits per heavy atom. The third-order valence-electron chi connectivity index (χ3n) is 2.50. The zero-order chi connectivity index (χ0) is 15.0. The second-order valence-electron chi connectivity index (χ2n) is 4.25. The number of hydrogen-bond acceptors (Lipinski definition) is 4. The highest BCUT2D eigenvalue weighted by Gasteiger charge is 2.12. The third-order valence-corrected chi connectivity index (χ3v) is 4.06. The molecule has 1 aromatic carbocycles. The van der Waals surface area contributed by atoms with Gasteiger partial charge in [-0.3, -0.25) is 4.79 Å². The zero-order valence-corrected chi connectivity index (χ0v) is 12.6. The summed E-state index contributed by atoms with van der Waals surface area (Å²) in [5.74, 6) is -0.152. The largest absolute Gasteiger partial charge is 0.325 e. The Balaban J connectivity index is 2.61. The Bertz CT molecular complexity index is 526. The van der Waals surface area contributed by atoms with Gasteiger partial charge in [-0.2, -0.15) is 0 Å². The van der Waals surface area contributed by atoms with Crippen molar-refractivity contribution in [1.82, 2.24) is 10.0 Å². The number of carbonyl (C=O) groups excluding carboxylic acids is 1. The number of nitrogens with one attached hydrogen (secondary N) is 3. The number of carbonyl (C=O) groups is 1. The highest BCUT2D eigenvalue weighted by Crippen LogP contribution is 2.13.